The van der Waals surface area contributed by atoms with E-state index in [0.29, 0.717) is 30.3 Å². The molecule has 1 rings (SSSR count). The molecule has 0 aliphatic heterocycles. The summed E-state index contributed by atoms with van der Waals surface area (Å²) in [6, 6.07) is 0.188. The standard InChI is InChI=1S/C11H13BrF3NO2S/c1-7(3-2-4-12)16-19(17,18)11-9(14)5-8(13)6-10(11)15/h5-7,16H,2-4H2,1H3. The van der Waals surface area contributed by atoms with Gasteiger partial charge >= 0.3 is 0 Å². The second kappa shape index (κ2) is 6.71. The van der Waals surface area contributed by atoms with Crippen LogP contribution >= 0.6 is 15.9 Å². The Morgan fingerprint density at radius 2 is 1.79 bits per heavy atom. The molecule has 108 valence electrons. The lowest BCUT2D eigenvalue weighted by atomic mass is 10.2. The molecular formula is C11H13BrF3NO2S. The molecule has 1 aromatic rings. The third kappa shape index (κ3) is 4.47. The van der Waals surface area contributed by atoms with Crippen LogP contribution in [0.4, 0.5) is 13.2 Å². The Hall–Kier alpha value is -0.600. The molecule has 1 atom stereocenters. The molecule has 8 heteroatoms. The summed E-state index contributed by atoms with van der Waals surface area (Å²) in [6.45, 7) is 1.58. The Kier molecular flexibility index (Phi) is 5.82. The van der Waals surface area contributed by atoms with E-state index >= 15 is 0 Å². The van der Waals surface area contributed by atoms with Crippen LogP contribution in [0.5, 0.6) is 0 Å². The molecule has 0 saturated carbocycles. The number of benzene rings is 1. The molecule has 0 fully saturated rings. The zero-order valence-electron chi connectivity index (χ0n) is 10.1. The Labute approximate surface area is 118 Å². The highest BCUT2D eigenvalue weighted by Crippen LogP contribution is 2.20. The summed E-state index contributed by atoms with van der Waals surface area (Å²) < 4.78 is 65.4. The van der Waals surface area contributed by atoms with Gasteiger partial charge in [-0.05, 0) is 19.8 Å². The molecule has 1 aromatic carbocycles. The second-order valence-electron chi connectivity index (χ2n) is 4.05. The number of halogens is 4. The van der Waals surface area contributed by atoms with Gasteiger partial charge in [-0.1, -0.05) is 15.9 Å². The molecular weight excluding hydrogens is 347 g/mol. The van der Waals surface area contributed by atoms with Gasteiger partial charge < -0.3 is 0 Å². The van der Waals surface area contributed by atoms with Crippen LogP contribution in [-0.4, -0.2) is 19.8 Å². The van der Waals surface area contributed by atoms with Crippen molar-refractivity contribution in [3.63, 3.8) is 0 Å². The minimum absolute atomic E-state index is 0.334. The quantitative estimate of drug-likeness (QED) is 0.793. The fraction of sp³-hybridized carbons (Fsp3) is 0.455. The lowest BCUT2D eigenvalue weighted by Gasteiger charge is -2.14. The Morgan fingerprint density at radius 3 is 2.26 bits per heavy atom. The van der Waals surface area contributed by atoms with E-state index in [4.69, 9.17) is 0 Å². The first-order valence-corrected chi connectivity index (χ1v) is 8.11. The number of sulfonamides is 1. The highest BCUT2D eigenvalue weighted by molar-refractivity contribution is 9.09. The van der Waals surface area contributed by atoms with Crippen LogP contribution in [-0.2, 0) is 10.0 Å². The Balaban J connectivity index is 3.01. The van der Waals surface area contributed by atoms with Gasteiger partial charge in [0.2, 0.25) is 10.0 Å². The normalized spacial score (nSPS) is 13.5. The van der Waals surface area contributed by atoms with Crippen LogP contribution < -0.4 is 4.72 Å². The largest absolute Gasteiger partial charge is 0.246 e. The van der Waals surface area contributed by atoms with Gasteiger partial charge in [-0.3, -0.25) is 0 Å². The van der Waals surface area contributed by atoms with Crippen molar-refractivity contribution >= 4 is 26.0 Å². The van der Waals surface area contributed by atoms with Crippen LogP contribution in [0.3, 0.4) is 0 Å². The third-order valence-electron chi connectivity index (χ3n) is 2.36. The van der Waals surface area contributed by atoms with Crippen molar-refractivity contribution in [3.05, 3.63) is 29.6 Å². The maximum atomic E-state index is 13.4. The van der Waals surface area contributed by atoms with Crippen molar-refractivity contribution in [1.82, 2.24) is 4.72 Å². The zero-order chi connectivity index (χ0) is 14.6. The van der Waals surface area contributed by atoms with E-state index in [1.165, 1.54) is 0 Å². The number of nitrogens with one attached hydrogen (secondary N) is 1. The van der Waals surface area contributed by atoms with Gasteiger partial charge in [0.15, 0.2) is 4.90 Å². The first-order valence-electron chi connectivity index (χ1n) is 5.50. The number of rotatable bonds is 6. The highest BCUT2D eigenvalue weighted by atomic mass is 79.9. The minimum Gasteiger partial charge on any atom is -0.208 e. The fourth-order valence-corrected chi connectivity index (χ4v) is 3.27. The molecule has 0 aromatic heterocycles. The molecule has 3 nitrogen and oxygen atoms in total. The number of alkyl halides is 1. The molecule has 0 bridgehead atoms. The Morgan fingerprint density at radius 1 is 1.26 bits per heavy atom. The summed E-state index contributed by atoms with van der Waals surface area (Å²) in [4.78, 5) is -1.15. The van der Waals surface area contributed by atoms with Crippen molar-refractivity contribution in [2.75, 3.05) is 5.33 Å². The van der Waals surface area contributed by atoms with E-state index in [0.717, 1.165) is 0 Å². The predicted molar refractivity (Wildman–Crippen MR) is 69.1 cm³/mol. The molecule has 0 aliphatic rings. The molecule has 0 amide bonds. The second-order valence-corrected chi connectivity index (χ2v) is 6.50. The molecule has 1 unspecified atom stereocenters. The van der Waals surface area contributed by atoms with Gasteiger partial charge in [0, 0.05) is 23.5 Å². The summed E-state index contributed by atoms with van der Waals surface area (Å²) in [5, 5.41) is 0.693. The van der Waals surface area contributed by atoms with Crippen LogP contribution in [0.25, 0.3) is 0 Å². The monoisotopic (exact) mass is 359 g/mol. The summed E-state index contributed by atoms with van der Waals surface area (Å²) in [7, 11) is -4.35. The van der Waals surface area contributed by atoms with E-state index in [2.05, 4.69) is 20.7 Å². The van der Waals surface area contributed by atoms with Crippen molar-refractivity contribution in [2.45, 2.75) is 30.7 Å². The molecule has 19 heavy (non-hydrogen) atoms. The van der Waals surface area contributed by atoms with Crippen LogP contribution in [0.2, 0.25) is 0 Å². The lowest BCUT2D eigenvalue weighted by Crippen LogP contribution is -2.33. The van der Waals surface area contributed by atoms with E-state index in [1.54, 1.807) is 6.92 Å². The van der Waals surface area contributed by atoms with E-state index in [1.807, 2.05) is 0 Å². The first-order chi connectivity index (χ1) is 8.77. The molecule has 0 aliphatic carbocycles. The van der Waals surface area contributed by atoms with Crippen molar-refractivity contribution in [1.29, 1.82) is 0 Å². The summed E-state index contributed by atoms with van der Waals surface area (Å²) >= 11 is 3.19. The molecule has 0 saturated heterocycles. The molecule has 1 N–H and O–H groups in total. The predicted octanol–water partition coefficient (Wildman–Crippen LogP) is 2.95. The lowest BCUT2D eigenvalue weighted by molar-refractivity contribution is 0.487. The SMILES string of the molecule is CC(CCCBr)NS(=O)(=O)c1c(F)cc(F)cc1F. The van der Waals surface area contributed by atoms with Crippen LogP contribution in [0.15, 0.2) is 17.0 Å². The Bertz CT molecular complexity index is 528. The van der Waals surface area contributed by atoms with Gasteiger partial charge in [0.25, 0.3) is 0 Å². The zero-order valence-corrected chi connectivity index (χ0v) is 12.5. The maximum Gasteiger partial charge on any atom is 0.246 e. The van der Waals surface area contributed by atoms with Crippen LogP contribution in [0, 0.1) is 17.5 Å². The highest BCUT2D eigenvalue weighted by Gasteiger charge is 2.26. The third-order valence-corrected chi connectivity index (χ3v) is 4.56. The van der Waals surface area contributed by atoms with Crippen LogP contribution in [0.1, 0.15) is 19.8 Å². The van der Waals surface area contributed by atoms with E-state index in [9.17, 15) is 21.6 Å². The van der Waals surface area contributed by atoms with Crippen molar-refractivity contribution in [2.24, 2.45) is 0 Å². The van der Waals surface area contributed by atoms with Gasteiger partial charge in [0.05, 0.1) is 0 Å². The average Bonchev–Trinajstić information content (AvgIpc) is 2.23. The fourth-order valence-electron chi connectivity index (χ4n) is 1.55. The van der Waals surface area contributed by atoms with E-state index < -0.39 is 38.4 Å². The minimum atomic E-state index is -4.35. The number of hydrogen-bond acceptors (Lipinski definition) is 2. The van der Waals surface area contributed by atoms with Crippen molar-refractivity contribution < 1.29 is 21.6 Å². The molecule has 0 radical (unpaired) electrons. The summed E-state index contributed by atoms with van der Waals surface area (Å²) in [5.74, 6) is -4.06. The number of hydrogen-bond donors (Lipinski definition) is 1. The topological polar surface area (TPSA) is 46.2 Å². The maximum absolute atomic E-state index is 13.4. The van der Waals surface area contributed by atoms with Gasteiger partial charge in [-0.15, -0.1) is 0 Å². The van der Waals surface area contributed by atoms with Gasteiger partial charge in [0.1, 0.15) is 17.5 Å². The van der Waals surface area contributed by atoms with Crippen molar-refractivity contribution in [3.8, 4) is 0 Å². The first kappa shape index (κ1) is 16.5. The smallest absolute Gasteiger partial charge is 0.208 e. The van der Waals surface area contributed by atoms with Gasteiger partial charge in [-0.25, -0.2) is 26.3 Å². The molecule has 0 spiro atoms. The average molecular weight is 360 g/mol. The van der Waals surface area contributed by atoms with Gasteiger partial charge in [-0.2, -0.15) is 0 Å². The summed E-state index contributed by atoms with van der Waals surface area (Å²) in [5.41, 5.74) is 0. The van der Waals surface area contributed by atoms with E-state index in [-0.39, 0.29) is 0 Å². The summed E-state index contributed by atoms with van der Waals surface area (Å²) in [6.07, 6.45) is 1.22. The molecule has 0 heterocycles.